The number of hydrogen-bond acceptors (Lipinski definition) is 8. The van der Waals surface area contributed by atoms with Gasteiger partial charge in [-0.15, -0.1) is 0 Å². The first-order valence-electron chi connectivity index (χ1n) is 13.5. The fourth-order valence-corrected chi connectivity index (χ4v) is 5.06. The van der Waals surface area contributed by atoms with Gasteiger partial charge in [-0.25, -0.2) is 15.0 Å². The van der Waals surface area contributed by atoms with Gasteiger partial charge in [-0.1, -0.05) is 6.07 Å². The molecule has 4 aromatic rings. The number of imidazole rings is 1. The molecule has 2 aliphatic rings. The molecular weight excluding hydrogens is 508 g/mol. The number of ether oxygens (including phenoxy) is 1. The van der Waals surface area contributed by atoms with Crippen molar-refractivity contribution in [3.63, 3.8) is 0 Å². The number of pyridine rings is 2. The van der Waals surface area contributed by atoms with E-state index in [1.165, 1.54) is 0 Å². The van der Waals surface area contributed by atoms with Crippen molar-refractivity contribution in [2.45, 2.75) is 19.4 Å². The van der Waals surface area contributed by atoms with E-state index in [0.717, 1.165) is 73.3 Å². The van der Waals surface area contributed by atoms with Crippen molar-refractivity contribution in [2.75, 3.05) is 45.7 Å². The lowest BCUT2D eigenvalue weighted by Crippen LogP contribution is -2.48. The summed E-state index contributed by atoms with van der Waals surface area (Å²) in [6.45, 7) is 4.15. The van der Waals surface area contributed by atoms with Crippen molar-refractivity contribution in [3.05, 3.63) is 60.0 Å². The van der Waals surface area contributed by atoms with Gasteiger partial charge < -0.3 is 25.3 Å². The Balaban J connectivity index is 1.14. The van der Waals surface area contributed by atoms with Crippen LogP contribution in [0.15, 0.2) is 48.8 Å². The van der Waals surface area contributed by atoms with E-state index >= 15 is 0 Å². The monoisotopic (exact) mass is 540 g/mol. The molecule has 0 bridgehead atoms. The first kappa shape index (κ1) is 25.8. The van der Waals surface area contributed by atoms with Crippen LogP contribution in [0.25, 0.3) is 22.2 Å². The number of carbonyl (C=O) groups is 2. The number of rotatable bonds is 8. The zero-order chi connectivity index (χ0) is 27.6. The van der Waals surface area contributed by atoms with Crippen LogP contribution < -0.4 is 15.4 Å². The Bertz CT molecular complexity index is 1560. The van der Waals surface area contributed by atoms with E-state index in [1.54, 1.807) is 32.6 Å². The molecule has 1 aromatic carbocycles. The molecule has 2 amide bonds. The molecule has 1 saturated heterocycles. The van der Waals surface area contributed by atoms with Crippen molar-refractivity contribution in [1.29, 1.82) is 0 Å². The topological polar surface area (TPSA) is 128 Å². The lowest BCUT2D eigenvalue weighted by Gasteiger charge is -2.34. The maximum Gasteiger partial charge on any atom is 0.269 e. The number of benzene rings is 1. The summed E-state index contributed by atoms with van der Waals surface area (Å²) < 4.78 is 5.50. The van der Waals surface area contributed by atoms with Crippen LogP contribution in [0, 0.1) is 5.92 Å². The highest BCUT2D eigenvalue weighted by atomic mass is 16.5. The highest BCUT2D eigenvalue weighted by Gasteiger charge is 2.34. The van der Waals surface area contributed by atoms with Crippen LogP contribution in [0.1, 0.15) is 28.9 Å². The third-order valence-corrected chi connectivity index (χ3v) is 7.43. The van der Waals surface area contributed by atoms with Gasteiger partial charge in [0.15, 0.2) is 0 Å². The summed E-state index contributed by atoms with van der Waals surface area (Å²) in [5.41, 5.74) is 4.70. The van der Waals surface area contributed by atoms with Crippen molar-refractivity contribution in [3.8, 4) is 16.9 Å². The van der Waals surface area contributed by atoms with Gasteiger partial charge in [-0.2, -0.15) is 0 Å². The molecule has 0 unspecified atom stereocenters. The van der Waals surface area contributed by atoms with Crippen molar-refractivity contribution < 1.29 is 14.3 Å². The van der Waals surface area contributed by atoms with E-state index in [9.17, 15) is 9.59 Å². The van der Waals surface area contributed by atoms with Gasteiger partial charge in [0, 0.05) is 57.4 Å². The Labute approximate surface area is 232 Å². The van der Waals surface area contributed by atoms with E-state index < -0.39 is 0 Å². The van der Waals surface area contributed by atoms with Crippen LogP contribution in [-0.2, 0) is 11.3 Å². The molecular formula is C29H32N8O3. The normalized spacial score (nSPS) is 15.7. The Hall–Kier alpha value is -4.51. The summed E-state index contributed by atoms with van der Waals surface area (Å²) in [5.74, 6) is 2.20. The van der Waals surface area contributed by atoms with Gasteiger partial charge in [0.05, 0.1) is 24.3 Å². The summed E-state index contributed by atoms with van der Waals surface area (Å²) in [6.07, 6.45) is 5.46. The lowest BCUT2D eigenvalue weighted by molar-refractivity contribution is -0.134. The van der Waals surface area contributed by atoms with E-state index in [0.29, 0.717) is 29.1 Å². The lowest BCUT2D eigenvalue weighted by atomic mass is 10.0. The minimum absolute atomic E-state index is 0.265. The second kappa shape index (κ2) is 10.9. The van der Waals surface area contributed by atoms with Crippen LogP contribution in [0.4, 0.5) is 11.8 Å². The van der Waals surface area contributed by atoms with E-state index in [1.807, 2.05) is 35.2 Å². The highest BCUT2D eigenvalue weighted by Crippen LogP contribution is 2.33. The van der Waals surface area contributed by atoms with Crippen molar-refractivity contribution >= 4 is 34.6 Å². The third-order valence-electron chi connectivity index (χ3n) is 7.43. The highest BCUT2D eigenvalue weighted by molar-refractivity contribution is 5.94. The van der Waals surface area contributed by atoms with Gasteiger partial charge in [-0.3, -0.25) is 14.5 Å². The molecule has 0 spiro atoms. The number of hydrogen-bond donors (Lipinski definition) is 3. The van der Waals surface area contributed by atoms with Crippen LogP contribution >= 0.6 is 0 Å². The smallest absolute Gasteiger partial charge is 0.269 e. The summed E-state index contributed by atoms with van der Waals surface area (Å²) in [6, 6.07) is 11.6. The molecule has 0 radical (unpaired) electrons. The number of amides is 2. The number of methoxy groups -OCH3 is 1. The fraction of sp³-hybridized carbons (Fsp3) is 0.345. The molecule has 1 saturated carbocycles. The minimum atomic E-state index is -0.265. The van der Waals surface area contributed by atoms with Crippen molar-refractivity contribution in [1.82, 2.24) is 35.1 Å². The van der Waals surface area contributed by atoms with Gasteiger partial charge in [-0.05, 0) is 54.3 Å². The number of aromatic amines is 1. The number of nitrogens with one attached hydrogen (secondary N) is 3. The van der Waals surface area contributed by atoms with Gasteiger partial charge in [0.25, 0.3) is 5.91 Å². The molecule has 0 atom stereocenters. The molecule has 1 aliphatic carbocycles. The molecule has 206 valence electrons. The summed E-state index contributed by atoms with van der Waals surface area (Å²) in [4.78, 5) is 45.5. The quantitative estimate of drug-likeness (QED) is 0.311. The first-order valence-corrected chi connectivity index (χ1v) is 13.5. The second-order valence-corrected chi connectivity index (χ2v) is 10.2. The van der Waals surface area contributed by atoms with E-state index in [4.69, 9.17) is 4.74 Å². The number of fused-ring (bicyclic) bond motifs is 1. The molecule has 3 N–H and O–H groups in total. The molecule has 2 fully saturated rings. The molecule has 4 heterocycles. The fourth-order valence-electron chi connectivity index (χ4n) is 5.06. The van der Waals surface area contributed by atoms with Crippen LogP contribution in [0.2, 0.25) is 0 Å². The summed E-state index contributed by atoms with van der Waals surface area (Å²) in [7, 11) is 3.15. The number of H-pyrrole nitrogens is 1. The minimum Gasteiger partial charge on any atom is -0.494 e. The number of aromatic nitrogens is 4. The van der Waals surface area contributed by atoms with E-state index in [2.05, 4.69) is 35.5 Å². The number of nitrogens with zero attached hydrogens (tertiary/aromatic N) is 5. The molecule has 40 heavy (non-hydrogen) atoms. The molecule has 11 nitrogen and oxygen atoms in total. The predicted molar refractivity (Wildman–Crippen MR) is 151 cm³/mol. The predicted octanol–water partition coefficient (Wildman–Crippen LogP) is 3.19. The Morgan fingerprint density at radius 1 is 1.07 bits per heavy atom. The Morgan fingerprint density at radius 2 is 1.90 bits per heavy atom. The maximum absolute atomic E-state index is 12.3. The van der Waals surface area contributed by atoms with Crippen molar-refractivity contribution in [2.24, 2.45) is 5.92 Å². The SMILES string of the molecule is CNC(=O)c1cc(-c2ccc3nc(Nc4cc(CN5CCN(C(=O)C6CC6)CC5)ccn4)[nH]c3c2)c(OC)cn1. The molecule has 11 heteroatoms. The van der Waals surface area contributed by atoms with Crippen LogP contribution in [0.3, 0.4) is 0 Å². The Morgan fingerprint density at radius 3 is 2.65 bits per heavy atom. The molecule has 1 aliphatic heterocycles. The molecule has 3 aromatic heterocycles. The average molecular weight is 541 g/mol. The van der Waals surface area contributed by atoms with Gasteiger partial charge in [0.2, 0.25) is 11.9 Å². The zero-order valence-electron chi connectivity index (χ0n) is 22.6. The zero-order valence-corrected chi connectivity index (χ0v) is 22.6. The summed E-state index contributed by atoms with van der Waals surface area (Å²) >= 11 is 0. The number of anilines is 2. The molecule has 6 rings (SSSR count). The first-order chi connectivity index (χ1) is 19.5. The van der Waals surface area contributed by atoms with Crippen LogP contribution in [-0.4, -0.2) is 81.9 Å². The Kier molecular flexibility index (Phi) is 7.04. The van der Waals surface area contributed by atoms with Crippen LogP contribution in [0.5, 0.6) is 5.75 Å². The van der Waals surface area contributed by atoms with Gasteiger partial charge in [0.1, 0.15) is 17.3 Å². The van der Waals surface area contributed by atoms with E-state index in [-0.39, 0.29) is 11.8 Å². The maximum atomic E-state index is 12.3. The standard InChI is InChI=1S/C29H32N8O3/c1-30-27(38)24-15-21(25(40-2)16-32-24)20-5-6-22-23(14-20)34-29(33-22)35-26-13-18(7-8-31-26)17-36-9-11-37(12-10-36)28(39)19-3-4-19/h5-8,13-16,19H,3-4,9-12,17H2,1-2H3,(H,30,38)(H2,31,33,34,35). The second-order valence-electron chi connectivity index (χ2n) is 10.2. The van der Waals surface area contributed by atoms with Gasteiger partial charge >= 0.3 is 0 Å². The number of piperazine rings is 1. The largest absolute Gasteiger partial charge is 0.494 e. The summed E-state index contributed by atoms with van der Waals surface area (Å²) in [5, 5.41) is 5.89. The third kappa shape index (κ3) is 5.46. The average Bonchev–Trinajstić information content (AvgIpc) is 3.76. The number of carbonyl (C=O) groups excluding carboxylic acids is 2.